The van der Waals surface area contributed by atoms with Gasteiger partial charge in [0.25, 0.3) is 15.9 Å². The van der Waals surface area contributed by atoms with Gasteiger partial charge in [0.2, 0.25) is 0 Å². The Bertz CT molecular complexity index is 1330. The Balaban J connectivity index is 1.86. The molecule has 0 spiro atoms. The Morgan fingerprint density at radius 2 is 1.71 bits per heavy atom. The third kappa shape index (κ3) is 6.66. The van der Waals surface area contributed by atoms with Crippen molar-refractivity contribution in [1.29, 1.82) is 0 Å². The number of nitrogens with one attached hydrogen (secondary N) is 1. The fourth-order valence-electron chi connectivity index (χ4n) is 3.08. The van der Waals surface area contributed by atoms with Crippen LogP contribution in [0, 0.1) is 0 Å². The summed E-state index contributed by atoms with van der Waals surface area (Å²) in [5.41, 5.74) is 3.08. The number of ether oxygens (including phenoxy) is 2. The number of halogens is 3. The van der Waals surface area contributed by atoms with E-state index in [0.717, 1.165) is 4.31 Å². The highest BCUT2D eigenvalue weighted by molar-refractivity contribution is 9.10. The average Bonchev–Trinajstić information content (AvgIpc) is 2.82. The number of amides is 1. The standard InChI is InChI=1S/C23H20BrCl2N3O5S/c1-33-21-9-15(8-20(24)23(21)34-2)13-27-28-22(30)14-29(18-11-16(25)10-17(26)12-18)35(31,32)19-6-4-3-5-7-19/h3-13H,14H2,1-2H3,(H,28,30)/b27-13-. The van der Waals surface area contributed by atoms with Crippen LogP contribution in [0.3, 0.4) is 0 Å². The summed E-state index contributed by atoms with van der Waals surface area (Å²) in [6, 6.07) is 15.4. The number of carbonyl (C=O) groups excluding carboxylic acids is 1. The van der Waals surface area contributed by atoms with E-state index in [1.807, 2.05) is 0 Å². The third-order valence-electron chi connectivity index (χ3n) is 4.61. The summed E-state index contributed by atoms with van der Waals surface area (Å²) in [6.45, 7) is -0.569. The first-order valence-electron chi connectivity index (χ1n) is 9.93. The van der Waals surface area contributed by atoms with Gasteiger partial charge in [-0.2, -0.15) is 5.10 Å². The SMILES string of the molecule is COc1cc(/C=N\NC(=O)CN(c2cc(Cl)cc(Cl)c2)S(=O)(=O)c2ccccc2)cc(Br)c1OC. The van der Waals surface area contributed by atoms with Crippen molar-refractivity contribution in [2.75, 3.05) is 25.1 Å². The highest BCUT2D eigenvalue weighted by Gasteiger charge is 2.27. The number of anilines is 1. The summed E-state index contributed by atoms with van der Waals surface area (Å²) in [5, 5.41) is 4.38. The van der Waals surface area contributed by atoms with Gasteiger partial charge < -0.3 is 9.47 Å². The minimum Gasteiger partial charge on any atom is -0.493 e. The Morgan fingerprint density at radius 1 is 1.06 bits per heavy atom. The molecular weight excluding hydrogens is 581 g/mol. The summed E-state index contributed by atoms with van der Waals surface area (Å²) >= 11 is 15.6. The molecule has 0 atom stereocenters. The summed E-state index contributed by atoms with van der Waals surface area (Å²) in [4.78, 5) is 12.7. The monoisotopic (exact) mass is 599 g/mol. The fraction of sp³-hybridized carbons (Fsp3) is 0.130. The van der Waals surface area contributed by atoms with E-state index in [9.17, 15) is 13.2 Å². The van der Waals surface area contributed by atoms with Gasteiger partial charge in [-0.1, -0.05) is 41.4 Å². The van der Waals surface area contributed by atoms with E-state index in [4.69, 9.17) is 32.7 Å². The van der Waals surface area contributed by atoms with E-state index >= 15 is 0 Å². The zero-order valence-electron chi connectivity index (χ0n) is 18.5. The Morgan fingerprint density at radius 3 is 2.31 bits per heavy atom. The van der Waals surface area contributed by atoms with Crippen LogP contribution in [0.2, 0.25) is 10.0 Å². The number of sulfonamides is 1. The molecule has 0 bridgehead atoms. The maximum absolute atomic E-state index is 13.3. The van der Waals surface area contributed by atoms with Crippen molar-refractivity contribution in [2.45, 2.75) is 4.90 Å². The maximum Gasteiger partial charge on any atom is 0.264 e. The van der Waals surface area contributed by atoms with Crippen molar-refractivity contribution in [3.8, 4) is 11.5 Å². The van der Waals surface area contributed by atoms with E-state index in [-0.39, 0.29) is 20.6 Å². The second-order valence-corrected chi connectivity index (χ2v) is 10.6. The lowest BCUT2D eigenvalue weighted by Crippen LogP contribution is -2.39. The van der Waals surface area contributed by atoms with Gasteiger partial charge in [0.05, 0.1) is 35.5 Å². The molecule has 0 aromatic heterocycles. The molecule has 0 fully saturated rings. The second kappa shape index (κ2) is 11.8. The van der Waals surface area contributed by atoms with E-state index in [1.54, 1.807) is 30.3 Å². The van der Waals surface area contributed by atoms with Crippen molar-refractivity contribution < 1.29 is 22.7 Å². The summed E-state index contributed by atoms with van der Waals surface area (Å²) in [7, 11) is -1.11. The van der Waals surface area contributed by atoms with Gasteiger partial charge in [0.1, 0.15) is 6.54 Å². The van der Waals surface area contributed by atoms with Crippen LogP contribution in [0.15, 0.2) is 75.1 Å². The lowest BCUT2D eigenvalue weighted by molar-refractivity contribution is -0.119. The molecule has 3 aromatic carbocycles. The molecule has 0 aliphatic heterocycles. The van der Waals surface area contributed by atoms with Gasteiger partial charge in [-0.25, -0.2) is 13.8 Å². The van der Waals surface area contributed by atoms with Gasteiger partial charge >= 0.3 is 0 Å². The molecule has 3 aromatic rings. The molecule has 0 radical (unpaired) electrons. The lowest BCUT2D eigenvalue weighted by Gasteiger charge is -2.24. The fourth-order valence-corrected chi connectivity index (χ4v) is 5.64. The molecule has 0 heterocycles. The number of benzene rings is 3. The van der Waals surface area contributed by atoms with Gasteiger partial charge in [-0.3, -0.25) is 9.10 Å². The van der Waals surface area contributed by atoms with Crippen LogP contribution in [0.25, 0.3) is 0 Å². The Hall–Kier alpha value is -2.79. The molecule has 0 aliphatic rings. The molecule has 0 unspecified atom stereocenters. The first-order valence-corrected chi connectivity index (χ1v) is 12.9. The van der Waals surface area contributed by atoms with Crippen LogP contribution in [0.1, 0.15) is 5.56 Å². The molecule has 8 nitrogen and oxygen atoms in total. The number of carbonyl (C=O) groups is 1. The van der Waals surface area contributed by atoms with Gasteiger partial charge in [-0.15, -0.1) is 0 Å². The van der Waals surface area contributed by atoms with Crippen LogP contribution < -0.4 is 19.2 Å². The predicted molar refractivity (Wildman–Crippen MR) is 140 cm³/mol. The zero-order chi connectivity index (χ0) is 25.6. The van der Waals surface area contributed by atoms with Crippen LogP contribution >= 0.6 is 39.1 Å². The van der Waals surface area contributed by atoms with Crippen LogP contribution in [-0.2, 0) is 14.8 Å². The maximum atomic E-state index is 13.3. The van der Waals surface area contributed by atoms with Gasteiger partial charge in [0, 0.05) is 10.0 Å². The van der Waals surface area contributed by atoms with E-state index < -0.39 is 22.5 Å². The number of hydrazone groups is 1. The summed E-state index contributed by atoms with van der Waals surface area (Å²) in [5.74, 6) is 0.291. The van der Waals surface area contributed by atoms with E-state index in [2.05, 4.69) is 26.5 Å². The number of methoxy groups -OCH3 is 2. The molecule has 1 N–H and O–H groups in total. The number of hydrogen-bond donors (Lipinski definition) is 1. The van der Waals surface area contributed by atoms with Gasteiger partial charge in [-0.05, 0) is 64.0 Å². The molecule has 3 rings (SSSR count). The molecule has 0 aliphatic carbocycles. The molecule has 12 heteroatoms. The van der Waals surface area contributed by atoms with E-state index in [0.29, 0.717) is 21.5 Å². The normalized spacial score (nSPS) is 11.3. The van der Waals surface area contributed by atoms with Crippen molar-refractivity contribution in [3.63, 3.8) is 0 Å². The first-order chi connectivity index (χ1) is 16.6. The average molecular weight is 601 g/mol. The van der Waals surface area contributed by atoms with Crippen LogP contribution in [0.5, 0.6) is 11.5 Å². The lowest BCUT2D eigenvalue weighted by atomic mass is 10.2. The van der Waals surface area contributed by atoms with Crippen molar-refractivity contribution >= 4 is 67.0 Å². The molecule has 0 saturated carbocycles. The molecule has 35 heavy (non-hydrogen) atoms. The van der Waals surface area contributed by atoms with Crippen LogP contribution in [0.4, 0.5) is 5.69 Å². The molecule has 184 valence electrons. The summed E-state index contributed by atoms with van der Waals surface area (Å²) in [6.07, 6.45) is 1.39. The number of nitrogens with zero attached hydrogens (tertiary/aromatic N) is 2. The third-order valence-corrected chi connectivity index (χ3v) is 7.43. The van der Waals surface area contributed by atoms with Crippen LogP contribution in [-0.4, -0.2) is 41.3 Å². The highest BCUT2D eigenvalue weighted by Crippen LogP contribution is 2.36. The summed E-state index contributed by atoms with van der Waals surface area (Å²) < 4.78 is 38.8. The Labute approximate surface area is 221 Å². The van der Waals surface area contributed by atoms with Gasteiger partial charge in [0.15, 0.2) is 11.5 Å². The Kier molecular flexibility index (Phi) is 9.01. The zero-order valence-corrected chi connectivity index (χ0v) is 22.5. The first kappa shape index (κ1) is 26.8. The number of hydrogen-bond acceptors (Lipinski definition) is 6. The largest absolute Gasteiger partial charge is 0.493 e. The topological polar surface area (TPSA) is 97.3 Å². The molecular formula is C23H20BrCl2N3O5S. The van der Waals surface area contributed by atoms with Crippen molar-refractivity contribution in [3.05, 3.63) is 80.7 Å². The minimum absolute atomic E-state index is 0.00239. The smallest absolute Gasteiger partial charge is 0.264 e. The second-order valence-electron chi connectivity index (χ2n) is 6.98. The quantitative estimate of drug-likeness (QED) is 0.272. The molecule has 1 amide bonds. The van der Waals surface area contributed by atoms with Crippen molar-refractivity contribution in [2.24, 2.45) is 5.10 Å². The molecule has 0 saturated heterocycles. The number of rotatable bonds is 9. The minimum atomic E-state index is -4.12. The highest BCUT2D eigenvalue weighted by atomic mass is 79.9. The van der Waals surface area contributed by atoms with E-state index in [1.165, 1.54) is 50.8 Å². The van der Waals surface area contributed by atoms with Crippen molar-refractivity contribution in [1.82, 2.24) is 5.43 Å². The predicted octanol–water partition coefficient (Wildman–Crippen LogP) is 5.12.